The molecule has 2 amide bonds. The molecule has 33 heavy (non-hydrogen) atoms. The van der Waals surface area contributed by atoms with Crippen LogP contribution >= 0.6 is 0 Å². The first-order chi connectivity index (χ1) is 16.0. The molecular formula is C27H26N2O4. The predicted octanol–water partition coefficient (Wildman–Crippen LogP) is 4.76. The molecular weight excluding hydrogens is 416 g/mol. The average molecular weight is 443 g/mol. The van der Waals surface area contributed by atoms with Crippen LogP contribution in [0.1, 0.15) is 41.7 Å². The van der Waals surface area contributed by atoms with E-state index in [2.05, 4.69) is 0 Å². The van der Waals surface area contributed by atoms with Crippen molar-refractivity contribution in [2.75, 3.05) is 16.9 Å². The fourth-order valence-corrected chi connectivity index (χ4v) is 4.42. The van der Waals surface area contributed by atoms with E-state index in [9.17, 15) is 14.4 Å². The summed E-state index contributed by atoms with van der Waals surface area (Å²) in [5, 5.41) is 0. The Labute approximate surface area is 193 Å². The molecule has 6 nitrogen and oxygen atoms in total. The molecule has 0 fully saturated rings. The monoisotopic (exact) mass is 442 g/mol. The topological polar surface area (TPSA) is 66.9 Å². The van der Waals surface area contributed by atoms with Gasteiger partial charge < -0.3 is 14.5 Å². The number of nitrogens with zero attached hydrogens (tertiary/aromatic N) is 2. The molecule has 6 heteroatoms. The molecule has 3 aromatic rings. The maximum atomic E-state index is 13.4. The summed E-state index contributed by atoms with van der Waals surface area (Å²) in [6.07, 6.45) is 0.169. The molecule has 0 bridgehead atoms. The maximum absolute atomic E-state index is 13.4. The minimum Gasteiger partial charge on any atom is -0.469 e. The molecule has 0 aliphatic carbocycles. The summed E-state index contributed by atoms with van der Waals surface area (Å²) in [5.74, 6) is -1.01. The van der Waals surface area contributed by atoms with Crippen molar-refractivity contribution in [2.24, 2.45) is 0 Å². The van der Waals surface area contributed by atoms with E-state index in [1.807, 2.05) is 79.7 Å². The van der Waals surface area contributed by atoms with Crippen molar-refractivity contribution in [1.82, 2.24) is 0 Å². The highest BCUT2D eigenvalue weighted by Gasteiger charge is 2.39. The second kappa shape index (κ2) is 9.69. The minimum absolute atomic E-state index is 0.0823. The van der Waals surface area contributed by atoms with Crippen molar-refractivity contribution in [3.05, 3.63) is 96.1 Å². The summed E-state index contributed by atoms with van der Waals surface area (Å²) in [5.41, 5.74) is 2.93. The molecule has 168 valence electrons. The normalized spacial score (nSPS) is 17.1. The molecule has 0 aromatic heterocycles. The number of carbonyl (C=O) groups is 3. The van der Waals surface area contributed by atoms with Crippen molar-refractivity contribution >= 4 is 29.2 Å². The number of para-hydroxylation sites is 2. The fraction of sp³-hybridized carbons (Fsp3) is 0.222. The Balaban J connectivity index is 1.78. The number of benzene rings is 3. The second-order valence-corrected chi connectivity index (χ2v) is 8.05. The van der Waals surface area contributed by atoms with E-state index < -0.39 is 5.97 Å². The number of anilines is 2. The van der Waals surface area contributed by atoms with Crippen molar-refractivity contribution in [3.8, 4) is 0 Å². The van der Waals surface area contributed by atoms with Gasteiger partial charge in [-0.15, -0.1) is 0 Å². The molecule has 0 saturated carbocycles. The van der Waals surface area contributed by atoms with Crippen LogP contribution in [0, 0.1) is 0 Å². The van der Waals surface area contributed by atoms with Crippen LogP contribution in [-0.2, 0) is 14.3 Å². The average Bonchev–Trinajstić information content (AvgIpc) is 2.85. The Morgan fingerprint density at radius 2 is 1.52 bits per heavy atom. The number of fused-ring (bicyclic) bond motifs is 1. The first-order valence-electron chi connectivity index (χ1n) is 10.9. The summed E-state index contributed by atoms with van der Waals surface area (Å²) < 4.78 is 4.74. The molecule has 0 radical (unpaired) electrons. The molecule has 4 rings (SSSR count). The predicted molar refractivity (Wildman–Crippen MR) is 127 cm³/mol. The summed E-state index contributed by atoms with van der Waals surface area (Å²) in [6, 6.07) is 25.6. The highest BCUT2D eigenvalue weighted by molar-refractivity contribution is 6.08. The van der Waals surface area contributed by atoms with Crippen LogP contribution in [0.25, 0.3) is 0 Å². The van der Waals surface area contributed by atoms with E-state index >= 15 is 0 Å². The zero-order valence-corrected chi connectivity index (χ0v) is 18.7. The van der Waals surface area contributed by atoms with Crippen molar-refractivity contribution in [3.63, 3.8) is 0 Å². The lowest BCUT2D eigenvalue weighted by molar-refractivity contribution is -0.143. The van der Waals surface area contributed by atoms with Crippen LogP contribution in [0.3, 0.4) is 0 Å². The zero-order valence-electron chi connectivity index (χ0n) is 18.7. The third kappa shape index (κ3) is 4.51. The fourth-order valence-electron chi connectivity index (χ4n) is 4.42. The Kier molecular flexibility index (Phi) is 6.54. The highest BCUT2D eigenvalue weighted by Crippen LogP contribution is 2.42. The third-order valence-corrected chi connectivity index (χ3v) is 5.94. The van der Waals surface area contributed by atoms with E-state index in [1.165, 1.54) is 7.11 Å². The van der Waals surface area contributed by atoms with E-state index in [4.69, 9.17) is 4.74 Å². The number of amides is 2. The Bertz CT molecular complexity index is 1150. The van der Waals surface area contributed by atoms with Crippen molar-refractivity contribution in [2.45, 2.75) is 31.8 Å². The van der Waals surface area contributed by atoms with Crippen LogP contribution in [0.2, 0.25) is 0 Å². The van der Waals surface area contributed by atoms with E-state index in [0.717, 1.165) is 11.3 Å². The smallest absolute Gasteiger partial charge is 0.315 e. The van der Waals surface area contributed by atoms with Crippen LogP contribution in [-0.4, -0.2) is 30.9 Å². The number of hydrogen-bond acceptors (Lipinski definition) is 4. The van der Waals surface area contributed by atoms with Gasteiger partial charge in [0.1, 0.15) is 6.42 Å². The standard InChI is InChI=1S/C27H26N2O4/c1-19-17-24(29(21-13-7-4-8-14-21)25(30)18-26(31)33-2)22-15-9-10-16-23(22)28(19)27(32)20-11-5-3-6-12-20/h3-16,19,24H,17-18H2,1-2H3/t19-,24+/m1/s1. The third-order valence-electron chi connectivity index (χ3n) is 5.94. The maximum Gasteiger partial charge on any atom is 0.315 e. The number of esters is 1. The lowest BCUT2D eigenvalue weighted by Crippen LogP contribution is -2.48. The van der Waals surface area contributed by atoms with Crippen molar-refractivity contribution in [1.29, 1.82) is 0 Å². The van der Waals surface area contributed by atoms with E-state index in [0.29, 0.717) is 17.7 Å². The molecule has 0 spiro atoms. The SMILES string of the molecule is COC(=O)CC(=O)N(c1ccccc1)[C@H]1C[C@@H](C)N(C(=O)c2ccccc2)c2ccccc21. The Morgan fingerprint density at radius 1 is 0.909 bits per heavy atom. The van der Waals surface area contributed by atoms with Gasteiger partial charge in [0.25, 0.3) is 5.91 Å². The van der Waals surface area contributed by atoms with Crippen LogP contribution in [0.4, 0.5) is 11.4 Å². The molecule has 3 aromatic carbocycles. The molecule has 2 atom stereocenters. The molecule has 1 aliphatic heterocycles. The lowest BCUT2D eigenvalue weighted by Gasteiger charge is -2.43. The van der Waals surface area contributed by atoms with Gasteiger partial charge in [0.05, 0.1) is 13.2 Å². The van der Waals surface area contributed by atoms with Gasteiger partial charge in [0, 0.05) is 23.0 Å². The number of hydrogen-bond donors (Lipinski definition) is 0. The van der Waals surface area contributed by atoms with Crippen LogP contribution in [0.15, 0.2) is 84.9 Å². The van der Waals surface area contributed by atoms with Gasteiger partial charge in [-0.3, -0.25) is 14.4 Å². The van der Waals surface area contributed by atoms with Crippen LogP contribution < -0.4 is 9.80 Å². The van der Waals surface area contributed by atoms with E-state index in [-0.39, 0.29) is 30.3 Å². The lowest BCUT2D eigenvalue weighted by atomic mass is 9.89. The van der Waals surface area contributed by atoms with Gasteiger partial charge in [-0.05, 0) is 49.2 Å². The number of rotatable bonds is 5. The van der Waals surface area contributed by atoms with Gasteiger partial charge in [0.2, 0.25) is 5.91 Å². The van der Waals surface area contributed by atoms with Gasteiger partial charge in [0.15, 0.2) is 0 Å². The van der Waals surface area contributed by atoms with Crippen molar-refractivity contribution < 1.29 is 19.1 Å². The van der Waals surface area contributed by atoms with Gasteiger partial charge in [-0.1, -0.05) is 54.6 Å². The number of carbonyl (C=O) groups excluding carboxylic acids is 3. The van der Waals surface area contributed by atoms with Gasteiger partial charge in [-0.2, -0.15) is 0 Å². The first-order valence-corrected chi connectivity index (χ1v) is 10.9. The molecule has 0 unspecified atom stereocenters. The van der Waals surface area contributed by atoms with Gasteiger partial charge in [-0.25, -0.2) is 0 Å². The Morgan fingerprint density at radius 3 is 2.18 bits per heavy atom. The van der Waals surface area contributed by atoms with Gasteiger partial charge >= 0.3 is 5.97 Å². The quantitative estimate of drug-likeness (QED) is 0.422. The van der Waals surface area contributed by atoms with Crippen LogP contribution in [0.5, 0.6) is 0 Å². The summed E-state index contributed by atoms with van der Waals surface area (Å²) >= 11 is 0. The molecule has 1 heterocycles. The van der Waals surface area contributed by atoms with E-state index in [1.54, 1.807) is 21.9 Å². The molecule has 0 N–H and O–H groups in total. The molecule has 0 saturated heterocycles. The summed E-state index contributed by atoms with van der Waals surface area (Å²) in [6.45, 7) is 1.98. The first kappa shape index (κ1) is 22.3. The highest BCUT2D eigenvalue weighted by atomic mass is 16.5. The number of methoxy groups -OCH3 is 1. The minimum atomic E-state index is -0.584. The largest absolute Gasteiger partial charge is 0.469 e. The Hall–Kier alpha value is -3.93. The zero-order chi connectivity index (χ0) is 23.4. The molecule has 1 aliphatic rings. The number of ether oxygens (including phenoxy) is 1. The summed E-state index contributed by atoms with van der Waals surface area (Å²) in [4.78, 5) is 42.1. The second-order valence-electron chi connectivity index (χ2n) is 8.05. The summed E-state index contributed by atoms with van der Waals surface area (Å²) in [7, 11) is 1.27.